The van der Waals surface area contributed by atoms with Gasteiger partial charge in [-0.3, -0.25) is 0 Å². The van der Waals surface area contributed by atoms with Gasteiger partial charge in [0, 0.05) is 0 Å². The van der Waals surface area contributed by atoms with Crippen LogP contribution in [0.25, 0.3) is 0 Å². The first-order valence-electron chi connectivity index (χ1n) is 15.9. The number of fused-ring (bicyclic) bond motifs is 7. The summed E-state index contributed by atoms with van der Waals surface area (Å²) in [6.45, 7) is 10.6. The molecule has 2 bridgehead atoms. The molecule has 1 heteroatoms. The van der Waals surface area contributed by atoms with Gasteiger partial charge in [0.1, 0.15) is 0 Å². The van der Waals surface area contributed by atoms with Gasteiger partial charge in [0.05, 0.1) is 6.10 Å². The highest BCUT2D eigenvalue weighted by molar-refractivity contribution is 5.10. The van der Waals surface area contributed by atoms with Gasteiger partial charge < -0.3 is 5.11 Å². The van der Waals surface area contributed by atoms with E-state index in [2.05, 4.69) is 27.7 Å². The summed E-state index contributed by atoms with van der Waals surface area (Å²) in [5.74, 6) is 7.69. The topological polar surface area (TPSA) is 20.2 Å². The third kappa shape index (κ3) is 3.87. The molecule has 6 saturated carbocycles. The fraction of sp³-hybridized carbons (Fsp3) is 1.00. The molecule has 0 aromatic heterocycles. The van der Waals surface area contributed by atoms with Crippen molar-refractivity contribution in [2.75, 3.05) is 0 Å². The van der Waals surface area contributed by atoms with E-state index in [1.54, 1.807) is 25.7 Å². The first kappa shape index (κ1) is 24.3. The Bertz CT molecular complexity index is 741. The molecular formula is C33H56O. The SMILES string of the molecule is CC1CC2CCCC(CC[C@@H](C)[C@H]3CC[C@H]4[C@@H]5CC[C@H]6C[C@@H](O)CC[C@]6(C)[C@H]5CC[C@]34C)(C1)C2. The monoisotopic (exact) mass is 468 g/mol. The zero-order chi connectivity index (χ0) is 23.7. The molecule has 0 amide bonds. The maximum Gasteiger partial charge on any atom is 0.0543 e. The fourth-order valence-electron chi connectivity index (χ4n) is 12.6. The van der Waals surface area contributed by atoms with E-state index in [-0.39, 0.29) is 6.10 Å². The minimum Gasteiger partial charge on any atom is -0.393 e. The highest BCUT2D eigenvalue weighted by Crippen LogP contribution is 2.68. The summed E-state index contributed by atoms with van der Waals surface area (Å²) in [4.78, 5) is 0. The van der Waals surface area contributed by atoms with Crippen LogP contribution in [0.5, 0.6) is 0 Å². The largest absolute Gasteiger partial charge is 0.393 e. The van der Waals surface area contributed by atoms with Gasteiger partial charge in [-0.15, -0.1) is 0 Å². The van der Waals surface area contributed by atoms with Crippen molar-refractivity contribution in [3.05, 3.63) is 0 Å². The molecule has 34 heavy (non-hydrogen) atoms. The van der Waals surface area contributed by atoms with Gasteiger partial charge in [-0.2, -0.15) is 0 Å². The molecule has 6 fully saturated rings. The smallest absolute Gasteiger partial charge is 0.0543 e. The van der Waals surface area contributed by atoms with E-state index in [0.717, 1.165) is 65.6 Å². The number of hydrogen-bond donors (Lipinski definition) is 1. The Hall–Kier alpha value is -0.0400. The molecule has 6 aliphatic carbocycles. The van der Waals surface area contributed by atoms with Crippen LogP contribution < -0.4 is 0 Å². The Labute approximate surface area is 211 Å². The molecule has 0 heterocycles. The van der Waals surface area contributed by atoms with Gasteiger partial charge in [0.15, 0.2) is 0 Å². The van der Waals surface area contributed by atoms with E-state index in [1.165, 1.54) is 70.6 Å². The Balaban J connectivity index is 1.13. The average molecular weight is 469 g/mol. The first-order valence-corrected chi connectivity index (χ1v) is 15.9. The number of aliphatic hydroxyl groups is 1. The van der Waals surface area contributed by atoms with Crippen molar-refractivity contribution >= 4 is 0 Å². The molecule has 6 rings (SSSR count). The van der Waals surface area contributed by atoms with E-state index in [0.29, 0.717) is 10.8 Å². The summed E-state index contributed by atoms with van der Waals surface area (Å²) in [6, 6.07) is 0. The van der Waals surface area contributed by atoms with Gasteiger partial charge in [0.2, 0.25) is 0 Å². The second-order valence-corrected chi connectivity index (χ2v) is 15.8. The molecule has 194 valence electrons. The Morgan fingerprint density at radius 3 is 2.47 bits per heavy atom. The van der Waals surface area contributed by atoms with Crippen LogP contribution in [0, 0.1) is 63.6 Å². The predicted octanol–water partition coefficient (Wildman–Crippen LogP) is 9.03. The van der Waals surface area contributed by atoms with Crippen molar-refractivity contribution in [2.45, 2.75) is 143 Å². The highest BCUT2D eigenvalue weighted by atomic mass is 16.3. The van der Waals surface area contributed by atoms with Crippen LogP contribution in [-0.2, 0) is 0 Å². The summed E-state index contributed by atoms with van der Waals surface area (Å²) in [5, 5.41) is 10.4. The van der Waals surface area contributed by atoms with Crippen LogP contribution >= 0.6 is 0 Å². The summed E-state index contributed by atoms with van der Waals surface area (Å²) in [5.41, 5.74) is 1.87. The zero-order valence-electron chi connectivity index (χ0n) is 23.2. The van der Waals surface area contributed by atoms with Crippen LogP contribution in [0.4, 0.5) is 0 Å². The number of hydrogen-bond acceptors (Lipinski definition) is 1. The molecule has 0 radical (unpaired) electrons. The molecule has 1 N–H and O–H groups in total. The Morgan fingerprint density at radius 1 is 0.824 bits per heavy atom. The lowest BCUT2D eigenvalue weighted by Gasteiger charge is -2.61. The second kappa shape index (κ2) is 8.77. The maximum atomic E-state index is 10.4. The minimum atomic E-state index is -0.00810. The Kier molecular flexibility index (Phi) is 6.27. The average Bonchev–Trinajstić information content (AvgIpc) is 3.15. The lowest BCUT2D eigenvalue weighted by Crippen LogP contribution is -2.54. The number of aliphatic hydroxyl groups excluding tert-OH is 1. The van der Waals surface area contributed by atoms with E-state index in [4.69, 9.17) is 0 Å². The molecule has 0 saturated heterocycles. The van der Waals surface area contributed by atoms with Gasteiger partial charge in [-0.05, 0) is 160 Å². The lowest BCUT2D eigenvalue weighted by atomic mass is 9.44. The van der Waals surface area contributed by atoms with Crippen molar-refractivity contribution in [3.8, 4) is 0 Å². The van der Waals surface area contributed by atoms with Crippen molar-refractivity contribution in [2.24, 2.45) is 63.6 Å². The summed E-state index contributed by atoms with van der Waals surface area (Å²) < 4.78 is 0. The van der Waals surface area contributed by atoms with Gasteiger partial charge in [-0.25, -0.2) is 0 Å². The normalized spacial score (nSPS) is 55.7. The maximum absolute atomic E-state index is 10.4. The Morgan fingerprint density at radius 2 is 1.62 bits per heavy atom. The lowest BCUT2D eigenvalue weighted by molar-refractivity contribution is -0.129. The summed E-state index contributed by atoms with van der Waals surface area (Å²) >= 11 is 0. The standard InChI is InChI=1S/C33H56O/c1-22-18-24-6-5-14-33(20-22,21-24)17-11-23(2)28-9-10-29-27-8-7-25-19-26(34)12-15-31(25,3)30(27)13-16-32(28,29)4/h22-30,34H,5-21H2,1-4H3/t22?,23-,24?,25+,26+,27+,28-,29+,30+,31+,32-,33?/m1/s1. The molecular weight excluding hydrogens is 412 g/mol. The number of rotatable bonds is 4. The molecule has 0 aromatic carbocycles. The van der Waals surface area contributed by atoms with E-state index < -0.39 is 0 Å². The summed E-state index contributed by atoms with van der Waals surface area (Å²) in [7, 11) is 0. The van der Waals surface area contributed by atoms with Crippen molar-refractivity contribution in [1.29, 1.82) is 0 Å². The van der Waals surface area contributed by atoms with Crippen LogP contribution in [0.1, 0.15) is 137 Å². The fourth-order valence-corrected chi connectivity index (χ4v) is 12.6. The molecule has 1 nitrogen and oxygen atoms in total. The third-order valence-corrected chi connectivity index (χ3v) is 14.1. The van der Waals surface area contributed by atoms with Crippen molar-refractivity contribution in [1.82, 2.24) is 0 Å². The second-order valence-electron chi connectivity index (χ2n) is 15.8. The molecule has 3 unspecified atom stereocenters. The quantitative estimate of drug-likeness (QED) is 0.436. The van der Waals surface area contributed by atoms with Gasteiger partial charge in [-0.1, -0.05) is 40.5 Å². The highest BCUT2D eigenvalue weighted by Gasteiger charge is 2.60. The predicted molar refractivity (Wildman–Crippen MR) is 142 cm³/mol. The third-order valence-electron chi connectivity index (χ3n) is 14.1. The molecule has 12 atom stereocenters. The van der Waals surface area contributed by atoms with Crippen LogP contribution in [0.3, 0.4) is 0 Å². The van der Waals surface area contributed by atoms with E-state index in [1.807, 2.05) is 0 Å². The molecule has 6 aliphatic rings. The molecule has 0 aliphatic heterocycles. The van der Waals surface area contributed by atoms with Crippen LogP contribution in [0.15, 0.2) is 0 Å². The van der Waals surface area contributed by atoms with Gasteiger partial charge >= 0.3 is 0 Å². The van der Waals surface area contributed by atoms with E-state index in [9.17, 15) is 5.11 Å². The molecule has 0 aromatic rings. The van der Waals surface area contributed by atoms with Crippen LogP contribution in [-0.4, -0.2) is 11.2 Å². The van der Waals surface area contributed by atoms with Crippen molar-refractivity contribution < 1.29 is 5.11 Å². The van der Waals surface area contributed by atoms with Crippen molar-refractivity contribution in [3.63, 3.8) is 0 Å². The van der Waals surface area contributed by atoms with Gasteiger partial charge in [0.25, 0.3) is 0 Å². The van der Waals surface area contributed by atoms with Crippen LogP contribution in [0.2, 0.25) is 0 Å². The zero-order valence-corrected chi connectivity index (χ0v) is 23.2. The first-order chi connectivity index (χ1) is 16.2. The minimum absolute atomic E-state index is 0.00810. The summed E-state index contributed by atoms with van der Waals surface area (Å²) in [6.07, 6.45) is 24.7. The van der Waals surface area contributed by atoms with E-state index >= 15 is 0 Å². The molecule has 0 spiro atoms.